The van der Waals surface area contributed by atoms with Crippen LogP contribution in [0.15, 0.2) is 29.3 Å². The zero-order chi connectivity index (χ0) is 14.1. The van der Waals surface area contributed by atoms with Crippen LogP contribution in [0.3, 0.4) is 0 Å². The molecule has 0 bridgehead atoms. The predicted octanol–water partition coefficient (Wildman–Crippen LogP) is 1.65. The number of nitrogens with zero attached hydrogens (tertiary/aromatic N) is 1. The van der Waals surface area contributed by atoms with Crippen molar-refractivity contribution < 1.29 is 9.47 Å². The molecule has 0 radical (unpaired) electrons. The highest BCUT2D eigenvalue weighted by Crippen LogP contribution is 2.26. The predicted molar refractivity (Wildman–Crippen MR) is 78.1 cm³/mol. The third kappa shape index (κ3) is 5.07. The molecule has 0 saturated heterocycles. The zero-order valence-electron chi connectivity index (χ0n) is 12.1. The van der Waals surface area contributed by atoms with Gasteiger partial charge in [0.1, 0.15) is 6.10 Å². The molecule has 19 heavy (non-hydrogen) atoms. The number of hydrogen-bond acceptors (Lipinski definition) is 3. The van der Waals surface area contributed by atoms with Crippen molar-refractivity contribution in [2.24, 2.45) is 4.99 Å². The van der Waals surface area contributed by atoms with Crippen molar-refractivity contribution in [3.8, 4) is 11.5 Å². The molecule has 1 aromatic rings. The van der Waals surface area contributed by atoms with E-state index in [0.717, 1.165) is 24.0 Å². The molecule has 1 aromatic carbocycles. The first-order valence-corrected chi connectivity index (χ1v) is 6.45. The highest BCUT2D eigenvalue weighted by molar-refractivity contribution is 5.79. The smallest absolute Gasteiger partial charge is 0.191 e. The van der Waals surface area contributed by atoms with Crippen molar-refractivity contribution in [3.63, 3.8) is 0 Å². The average Bonchev–Trinajstić information content (AvgIpc) is 2.44. The van der Waals surface area contributed by atoms with Crippen molar-refractivity contribution in [2.75, 3.05) is 27.2 Å². The van der Waals surface area contributed by atoms with E-state index in [1.807, 2.05) is 38.1 Å². The van der Waals surface area contributed by atoms with Gasteiger partial charge < -0.3 is 20.1 Å². The summed E-state index contributed by atoms with van der Waals surface area (Å²) in [4.78, 5) is 4.10. The molecule has 5 heteroatoms. The van der Waals surface area contributed by atoms with E-state index >= 15 is 0 Å². The molecular weight excluding hydrogens is 242 g/mol. The molecule has 2 N–H and O–H groups in total. The highest BCUT2D eigenvalue weighted by atomic mass is 16.5. The Labute approximate surface area is 115 Å². The van der Waals surface area contributed by atoms with Gasteiger partial charge in [0.15, 0.2) is 17.5 Å². The van der Waals surface area contributed by atoms with Gasteiger partial charge in [0, 0.05) is 13.6 Å². The largest absolute Gasteiger partial charge is 0.493 e. The Morgan fingerprint density at radius 3 is 2.53 bits per heavy atom. The molecule has 0 fully saturated rings. The fourth-order valence-corrected chi connectivity index (χ4v) is 1.60. The normalized spacial score (nSPS) is 12.7. The quantitative estimate of drug-likeness (QED) is 0.606. The Bertz CT molecular complexity index is 407. The number of ether oxygens (including phenoxy) is 2. The first kappa shape index (κ1) is 15.1. The van der Waals surface area contributed by atoms with Crippen molar-refractivity contribution in [1.82, 2.24) is 10.6 Å². The van der Waals surface area contributed by atoms with E-state index in [9.17, 15) is 0 Å². The maximum Gasteiger partial charge on any atom is 0.191 e. The van der Waals surface area contributed by atoms with Gasteiger partial charge in [-0.2, -0.15) is 0 Å². The summed E-state index contributed by atoms with van der Waals surface area (Å²) in [5.74, 6) is 2.26. The van der Waals surface area contributed by atoms with E-state index in [2.05, 4.69) is 15.6 Å². The molecule has 0 saturated carbocycles. The number of guanidine groups is 1. The third-order valence-corrected chi connectivity index (χ3v) is 2.52. The molecular formula is C14H23N3O2. The van der Waals surface area contributed by atoms with E-state index < -0.39 is 0 Å². The second kappa shape index (κ2) is 8.24. The van der Waals surface area contributed by atoms with Crippen LogP contribution in [-0.4, -0.2) is 39.3 Å². The first-order chi connectivity index (χ1) is 9.21. The van der Waals surface area contributed by atoms with Gasteiger partial charge in [-0.25, -0.2) is 0 Å². The Morgan fingerprint density at radius 1 is 1.26 bits per heavy atom. The Balaban J connectivity index is 2.48. The summed E-state index contributed by atoms with van der Waals surface area (Å²) in [7, 11) is 3.38. The van der Waals surface area contributed by atoms with Gasteiger partial charge >= 0.3 is 0 Å². The van der Waals surface area contributed by atoms with Crippen molar-refractivity contribution in [2.45, 2.75) is 20.0 Å². The fourth-order valence-electron chi connectivity index (χ4n) is 1.60. The van der Waals surface area contributed by atoms with Crippen LogP contribution in [0.2, 0.25) is 0 Å². The second-order valence-electron chi connectivity index (χ2n) is 4.06. The minimum atomic E-state index is 0.00621. The number of para-hydroxylation sites is 2. The van der Waals surface area contributed by atoms with Crippen molar-refractivity contribution in [3.05, 3.63) is 24.3 Å². The molecule has 0 spiro atoms. The molecule has 1 atom stereocenters. The maximum atomic E-state index is 5.84. The van der Waals surface area contributed by atoms with E-state index in [0.29, 0.717) is 6.54 Å². The summed E-state index contributed by atoms with van der Waals surface area (Å²) < 4.78 is 11.1. The van der Waals surface area contributed by atoms with Crippen LogP contribution in [0.25, 0.3) is 0 Å². The van der Waals surface area contributed by atoms with Gasteiger partial charge in [0.05, 0.1) is 13.7 Å². The molecule has 0 aromatic heterocycles. The maximum absolute atomic E-state index is 5.84. The molecule has 0 aliphatic carbocycles. The Hall–Kier alpha value is -1.91. The summed E-state index contributed by atoms with van der Waals surface area (Å²) >= 11 is 0. The Kier molecular flexibility index (Phi) is 6.57. The lowest BCUT2D eigenvalue weighted by molar-refractivity contribution is 0.213. The SMILES string of the molecule is CCNC(=NC)NCC(C)Oc1ccccc1OC. The minimum absolute atomic E-state index is 0.00621. The first-order valence-electron chi connectivity index (χ1n) is 6.45. The van der Waals surface area contributed by atoms with Crippen molar-refractivity contribution in [1.29, 1.82) is 0 Å². The van der Waals surface area contributed by atoms with Crippen LogP contribution in [0.5, 0.6) is 11.5 Å². The molecule has 0 aliphatic heterocycles. The van der Waals surface area contributed by atoms with Crippen LogP contribution < -0.4 is 20.1 Å². The van der Waals surface area contributed by atoms with E-state index in [4.69, 9.17) is 9.47 Å². The molecule has 0 amide bonds. The number of aliphatic imine (C=N–C) groups is 1. The molecule has 1 rings (SSSR count). The van der Waals surface area contributed by atoms with Crippen LogP contribution in [-0.2, 0) is 0 Å². The lowest BCUT2D eigenvalue weighted by Gasteiger charge is -2.18. The lowest BCUT2D eigenvalue weighted by atomic mass is 10.3. The van der Waals surface area contributed by atoms with Gasteiger partial charge in [-0.15, -0.1) is 0 Å². The van der Waals surface area contributed by atoms with Gasteiger partial charge in [0.2, 0.25) is 0 Å². The molecule has 5 nitrogen and oxygen atoms in total. The number of methoxy groups -OCH3 is 1. The van der Waals surface area contributed by atoms with Gasteiger partial charge in [-0.3, -0.25) is 4.99 Å². The van der Waals surface area contributed by atoms with Crippen LogP contribution >= 0.6 is 0 Å². The van der Waals surface area contributed by atoms with E-state index in [1.54, 1.807) is 14.2 Å². The summed E-state index contributed by atoms with van der Waals surface area (Å²) in [6, 6.07) is 7.62. The van der Waals surface area contributed by atoms with Gasteiger partial charge in [-0.1, -0.05) is 12.1 Å². The van der Waals surface area contributed by atoms with Crippen molar-refractivity contribution >= 4 is 5.96 Å². The molecule has 106 valence electrons. The molecule has 0 aliphatic rings. The van der Waals surface area contributed by atoms with Gasteiger partial charge in [0.25, 0.3) is 0 Å². The minimum Gasteiger partial charge on any atom is -0.493 e. The van der Waals surface area contributed by atoms with E-state index in [-0.39, 0.29) is 6.10 Å². The van der Waals surface area contributed by atoms with Gasteiger partial charge in [-0.05, 0) is 26.0 Å². The zero-order valence-corrected chi connectivity index (χ0v) is 12.1. The van der Waals surface area contributed by atoms with Crippen LogP contribution in [0.1, 0.15) is 13.8 Å². The number of hydrogen-bond donors (Lipinski definition) is 2. The highest BCUT2D eigenvalue weighted by Gasteiger charge is 2.08. The van der Waals surface area contributed by atoms with Crippen LogP contribution in [0, 0.1) is 0 Å². The summed E-state index contributed by atoms with van der Waals surface area (Å²) in [6.07, 6.45) is 0.00621. The number of benzene rings is 1. The summed E-state index contributed by atoms with van der Waals surface area (Å²) in [5, 5.41) is 6.33. The topological polar surface area (TPSA) is 54.9 Å². The average molecular weight is 265 g/mol. The second-order valence-corrected chi connectivity index (χ2v) is 4.06. The number of nitrogens with one attached hydrogen (secondary N) is 2. The summed E-state index contributed by atoms with van der Waals surface area (Å²) in [5.41, 5.74) is 0. The summed E-state index contributed by atoms with van der Waals surface area (Å²) in [6.45, 7) is 5.53. The van der Waals surface area contributed by atoms with Crippen LogP contribution in [0.4, 0.5) is 0 Å². The molecule has 1 unspecified atom stereocenters. The monoisotopic (exact) mass is 265 g/mol. The number of rotatable bonds is 6. The lowest BCUT2D eigenvalue weighted by Crippen LogP contribution is -2.41. The molecule has 0 heterocycles. The Morgan fingerprint density at radius 2 is 1.95 bits per heavy atom. The fraction of sp³-hybridized carbons (Fsp3) is 0.500. The standard InChI is InChI=1S/C14H23N3O2/c1-5-16-14(15-3)17-10-11(2)19-13-9-7-6-8-12(13)18-4/h6-9,11H,5,10H2,1-4H3,(H2,15,16,17). The third-order valence-electron chi connectivity index (χ3n) is 2.52. The van der Waals surface area contributed by atoms with E-state index in [1.165, 1.54) is 0 Å².